The minimum absolute atomic E-state index is 0.339. The maximum absolute atomic E-state index is 11.3. The van der Waals surface area contributed by atoms with Crippen LogP contribution in [0.15, 0.2) is 24.5 Å². The van der Waals surface area contributed by atoms with Gasteiger partial charge in [-0.15, -0.1) is 0 Å². The highest BCUT2D eigenvalue weighted by Crippen LogP contribution is 2.19. The Morgan fingerprint density at radius 3 is 2.70 bits per heavy atom. The Hall–Kier alpha value is -1.84. The summed E-state index contributed by atoms with van der Waals surface area (Å²) in [5.41, 5.74) is 1.84. The van der Waals surface area contributed by atoms with Crippen molar-refractivity contribution in [3.05, 3.63) is 30.1 Å². The van der Waals surface area contributed by atoms with Gasteiger partial charge in [0.1, 0.15) is 0 Å². The van der Waals surface area contributed by atoms with Crippen LogP contribution in [0, 0.1) is 0 Å². The first-order chi connectivity index (χ1) is 9.74. The van der Waals surface area contributed by atoms with Gasteiger partial charge in [-0.1, -0.05) is 45.1 Å². The second-order valence-corrected chi connectivity index (χ2v) is 5.18. The Morgan fingerprint density at radius 2 is 1.95 bits per heavy atom. The quantitative estimate of drug-likeness (QED) is 0.737. The molecule has 1 heterocycles. The van der Waals surface area contributed by atoms with Crippen molar-refractivity contribution >= 4 is 17.0 Å². The predicted octanol–water partition coefficient (Wildman–Crippen LogP) is 4.10. The molecule has 0 radical (unpaired) electrons. The Balaban J connectivity index is 2.01. The molecular weight excluding hydrogens is 252 g/mol. The minimum atomic E-state index is -0.889. The number of carboxylic acids is 1. The molecule has 0 atom stereocenters. The predicted molar refractivity (Wildman–Crippen MR) is 80.1 cm³/mol. The van der Waals surface area contributed by atoms with Crippen molar-refractivity contribution in [2.24, 2.45) is 0 Å². The normalized spacial score (nSPS) is 11.1. The first-order valence-electron chi connectivity index (χ1n) is 7.41. The largest absolute Gasteiger partial charge is 0.478 e. The number of benzene rings is 1. The lowest BCUT2D eigenvalue weighted by Crippen LogP contribution is -2.03. The highest BCUT2D eigenvalue weighted by molar-refractivity contribution is 6.01. The van der Waals surface area contributed by atoms with Crippen molar-refractivity contribution < 1.29 is 9.90 Å². The molecule has 0 unspecified atom stereocenters. The molecule has 1 aromatic carbocycles. The molecule has 0 aliphatic rings. The highest BCUT2D eigenvalue weighted by atomic mass is 16.4. The van der Waals surface area contributed by atoms with Gasteiger partial charge < -0.3 is 9.67 Å². The molecule has 4 nitrogen and oxygen atoms in total. The Labute approximate surface area is 119 Å². The lowest BCUT2D eigenvalue weighted by molar-refractivity contribution is 0.0698. The lowest BCUT2D eigenvalue weighted by atomic mass is 10.1. The first-order valence-corrected chi connectivity index (χ1v) is 7.41. The van der Waals surface area contributed by atoms with E-state index in [-0.39, 0.29) is 0 Å². The molecule has 1 aromatic heterocycles. The second-order valence-electron chi connectivity index (χ2n) is 5.18. The summed E-state index contributed by atoms with van der Waals surface area (Å²) in [4.78, 5) is 15.6. The third-order valence-corrected chi connectivity index (χ3v) is 3.62. The van der Waals surface area contributed by atoms with Gasteiger partial charge in [-0.3, -0.25) is 0 Å². The van der Waals surface area contributed by atoms with E-state index in [2.05, 4.69) is 11.9 Å². The summed E-state index contributed by atoms with van der Waals surface area (Å²) in [5, 5.41) is 9.25. The van der Waals surface area contributed by atoms with Crippen molar-refractivity contribution in [1.29, 1.82) is 0 Å². The summed E-state index contributed by atoms with van der Waals surface area (Å²) in [6.07, 6.45) is 9.13. The fraction of sp³-hybridized carbons (Fsp3) is 0.500. The van der Waals surface area contributed by atoms with Crippen LogP contribution in [-0.4, -0.2) is 20.6 Å². The molecule has 20 heavy (non-hydrogen) atoms. The van der Waals surface area contributed by atoms with E-state index < -0.39 is 5.97 Å². The van der Waals surface area contributed by atoms with Crippen LogP contribution in [0.4, 0.5) is 0 Å². The molecule has 0 amide bonds. The van der Waals surface area contributed by atoms with Gasteiger partial charge in [-0.05, 0) is 18.6 Å². The number of hydrogen-bond donors (Lipinski definition) is 1. The Bertz CT molecular complexity index is 575. The summed E-state index contributed by atoms with van der Waals surface area (Å²) in [6.45, 7) is 3.05. The van der Waals surface area contributed by atoms with E-state index in [0.717, 1.165) is 24.0 Å². The maximum atomic E-state index is 11.3. The molecule has 0 saturated heterocycles. The number of aryl methyl sites for hydroxylation is 1. The monoisotopic (exact) mass is 274 g/mol. The SMILES string of the molecule is CCCCCCCCn1cnc2cccc(C(=O)O)c21. The number of aromatic nitrogens is 2. The zero-order chi connectivity index (χ0) is 14.4. The van der Waals surface area contributed by atoms with Crippen molar-refractivity contribution in [3.63, 3.8) is 0 Å². The van der Waals surface area contributed by atoms with Gasteiger partial charge in [0, 0.05) is 6.54 Å². The molecule has 0 aliphatic heterocycles. The summed E-state index contributed by atoms with van der Waals surface area (Å²) >= 11 is 0. The molecule has 1 N–H and O–H groups in total. The zero-order valence-corrected chi connectivity index (χ0v) is 12.0. The van der Waals surface area contributed by atoms with Gasteiger partial charge >= 0.3 is 5.97 Å². The van der Waals surface area contributed by atoms with Crippen LogP contribution < -0.4 is 0 Å². The molecule has 0 saturated carbocycles. The van der Waals surface area contributed by atoms with E-state index in [1.54, 1.807) is 18.5 Å². The summed E-state index contributed by atoms with van der Waals surface area (Å²) < 4.78 is 1.97. The van der Waals surface area contributed by atoms with Crippen LogP contribution in [0.1, 0.15) is 55.8 Å². The number of unbranched alkanes of at least 4 members (excludes halogenated alkanes) is 5. The Kier molecular flexibility index (Phi) is 5.16. The molecule has 4 heteroatoms. The molecule has 2 aromatic rings. The van der Waals surface area contributed by atoms with E-state index in [0.29, 0.717) is 5.56 Å². The van der Waals surface area contributed by atoms with Crippen LogP contribution in [0.5, 0.6) is 0 Å². The molecule has 108 valence electrons. The van der Waals surface area contributed by atoms with Crippen LogP contribution in [0.25, 0.3) is 11.0 Å². The van der Waals surface area contributed by atoms with E-state index in [1.165, 1.54) is 32.1 Å². The first kappa shape index (κ1) is 14.6. The van der Waals surface area contributed by atoms with Crippen molar-refractivity contribution in [1.82, 2.24) is 9.55 Å². The van der Waals surface area contributed by atoms with Gasteiger partial charge in [-0.2, -0.15) is 0 Å². The number of aromatic carboxylic acids is 1. The number of hydrogen-bond acceptors (Lipinski definition) is 2. The smallest absolute Gasteiger partial charge is 0.337 e. The average molecular weight is 274 g/mol. The van der Waals surface area contributed by atoms with Crippen LogP contribution in [0.3, 0.4) is 0 Å². The van der Waals surface area contributed by atoms with Gasteiger partial charge in [0.25, 0.3) is 0 Å². The average Bonchev–Trinajstić information content (AvgIpc) is 2.86. The summed E-state index contributed by atoms with van der Waals surface area (Å²) in [5.74, 6) is -0.889. The number of carbonyl (C=O) groups is 1. The van der Waals surface area contributed by atoms with E-state index in [1.807, 2.05) is 10.6 Å². The maximum Gasteiger partial charge on any atom is 0.337 e. The van der Waals surface area contributed by atoms with Gasteiger partial charge in [0.2, 0.25) is 0 Å². The van der Waals surface area contributed by atoms with Crippen LogP contribution in [-0.2, 0) is 6.54 Å². The van der Waals surface area contributed by atoms with Gasteiger partial charge in [0.05, 0.1) is 22.9 Å². The highest BCUT2D eigenvalue weighted by Gasteiger charge is 2.12. The minimum Gasteiger partial charge on any atom is -0.478 e. The fourth-order valence-corrected chi connectivity index (χ4v) is 2.53. The Morgan fingerprint density at radius 1 is 1.20 bits per heavy atom. The summed E-state index contributed by atoms with van der Waals surface area (Å²) in [7, 11) is 0. The third-order valence-electron chi connectivity index (χ3n) is 3.62. The van der Waals surface area contributed by atoms with Crippen molar-refractivity contribution in [2.45, 2.75) is 52.0 Å². The molecule has 0 spiro atoms. The second kappa shape index (κ2) is 7.08. The van der Waals surface area contributed by atoms with E-state index >= 15 is 0 Å². The van der Waals surface area contributed by atoms with Crippen LogP contribution in [0.2, 0.25) is 0 Å². The van der Waals surface area contributed by atoms with E-state index in [9.17, 15) is 9.90 Å². The number of fused-ring (bicyclic) bond motifs is 1. The topological polar surface area (TPSA) is 55.1 Å². The number of imidazole rings is 1. The third kappa shape index (κ3) is 3.38. The van der Waals surface area contributed by atoms with Crippen LogP contribution >= 0.6 is 0 Å². The molecule has 0 bridgehead atoms. The zero-order valence-electron chi connectivity index (χ0n) is 12.0. The van der Waals surface area contributed by atoms with Gasteiger partial charge in [-0.25, -0.2) is 9.78 Å². The molecule has 0 aliphatic carbocycles. The number of carboxylic acid groups (broad SMARTS) is 1. The standard InChI is InChI=1S/C16H22N2O2/c1-2-3-4-5-6-7-11-18-12-17-14-10-8-9-13(15(14)18)16(19)20/h8-10,12H,2-7,11H2,1H3,(H,19,20). The number of rotatable bonds is 8. The molecule has 2 rings (SSSR count). The fourth-order valence-electron chi connectivity index (χ4n) is 2.53. The molecule has 0 fully saturated rings. The number of nitrogens with zero attached hydrogens (tertiary/aromatic N) is 2. The summed E-state index contributed by atoms with van der Waals surface area (Å²) in [6, 6.07) is 5.25. The van der Waals surface area contributed by atoms with E-state index in [4.69, 9.17) is 0 Å². The lowest BCUT2D eigenvalue weighted by Gasteiger charge is -2.06. The van der Waals surface area contributed by atoms with Gasteiger partial charge in [0.15, 0.2) is 0 Å². The molecular formula is C16H22N2O2. The van der Waals surface area contributed by atoms with Crippen molar-refractivity contribution in [2.75, 3.05) is 0 Å². The number of para-hydroxylation sites is 1. The van der Waals surface area contributed by atoms with Crippen molar-refractivity contribution in [3.8, 4) is 0 Å².